The Labute approximate surface area is 181 Å². The zero-order valence-electron chi connectivity index (χ0n) is 17.4. The molecule has 0 amide bonds. The number of hydrogen-bond donors (Lipinski definition) is 1. The van der Waals surface area contributed by atoms with E-state index < -0.39 is 10.0 Å². The SMILES string of the molecule is CCOc1cc(/C=N/NS(=O)(=O)c2cc(OC)ccc2OC)cc(Cl)c1OC(C)C. The molecule has 164 valence electrons. The molecule has 2 aromatic carbocycles. The van der Waals surface area contributed by atoms with Crippen molar-refractivity contribution in [3.05, 3.63) is 40.9 Å². The van der Waals surface area contributed by atoms with Crippen molar-refractivity contribution in [2.45, 2.75) is 31.8 Å². The third-order valence-electron chi connectivity index (χ3n) is 3.73. The molecule has 0 aromatic heterocycles. The fraction of sp³-hybridized carbons (Fsp3) is 0.350. The summed E-state index contributed by atoms with van der Waals surface area (Å²) in [7, 11) is -1.18. The zero-order chi connectivity index (χ0) is 22.3. The lowest BCUT2D eigenvalue weighted by molar-refractivity contribution is 0.224. The lowest BCUT2D eigenvalue weighted by atomic mass is 10.2. The van der Waals surface area contributed by atoms with Crippen molar-refractivity contribution in [2.24, 2.45) is 5.10 Å². The molecule has 0 bridgehead atoms. The molecule has 1 N–H and O–H groups in total. The summed E-state index contributed by atoms with van der Waals surface area (Å²) in [6.45, 7) is 6.00. The van der Waals surface area contributed by atoms with Crippen molar-refractivity contribution in [1.82, 2.24) is 4.83 Å². The van der Waals surface area contributed by atoms with Gasteiger partial charge in [-0.2, -0.15) is 18.4 Å². The molecule has 0 fully saturated rings. The van der Waals surface area contributed by atoms with E-state index in [1.54, 1.807) is 18.2 Å². The highest BCUT2D eigenvalue weighted by Crippen LogP contribution is 2.37. The lowest BCUT2D eigenvalue weighted by Crippen LogP contribution is -2.19. The van der Waals surface area contributed by atoms with E-state index in [0.717, 1.165) is 0 Å². The van der Waals surface area contributed by atoms with Crippen LogP contribution >= 0.6 is 11.6 Å². The van der Waals surface area contributed by atoms with Gasteiger partial charge in [0, 0.05) is 6.07 Å². The monoisotopic (exact) mass is 456 g/mol. The number of ether oxygens (including phenoxy) is 4. The largest absolute Gasteiger partial charge is 0.497 e. The fourth-order valence-corrected chi connectivity index (χ4v) is 3.73. The van der Waals surface area contributed by atoms with Gasteiger partial charge in [0.15, 0.2) is 11.5 Å². The second kappa shape index (κ2) is 10.4. The summed E-state index contributed by atoms with van der Waals surface area (Å²) in [6, 6.07) is 7.71. The van der Waals surface area contributed by atoms with Crippen LogP contribution in [0.4, 0.5) is 0 Å². The number of hydrazone groups is 1. The van der Waals surface area contributed by atoms with Gasteiger partial charge in [-0.1, -0.05) is 11.6 Å². The minimum Gasteiger partial charge on any atom is -0.497 e. The molecule has 8 nitrogen and oxygen atoms in total. The third-order valence-corrected chi connectivity index (χ3v) is 5.26. The van der Waals surface area contributed by atoms with Gasteiger partial charge in [0.05, 0.1) is 38.2 Å². The molecule has 0 aliphatic rings. The van der Waals surface area contributed by atoms with E-state index in [0.29, 0.717) is 34.4 Å². The van der Waals surface area contributed by atoms with Crippen LogP contribution in [0.2, 0.25) is 5.02 Å². The number of nitrogens with zero attached hydrogens (tertiary/aromatic N) is 1. The standard InChI is InChI=1S/C20H25ClN2O6S/c1-6-28-18-10-14(9-16(21)20(18)29-13(2)3)12-22-23-30(24,25)19-11-15(26-4)7-8-17(19)27-5/h7-13,23H,6H2,1-5H3/b22-12+. The van der Waals surface area contributed by atoms with E-state index >= 15 is 0 Å². The minimum atomic E-state index is -4.00. The van der Waals surface area contributed by atoms with Gasteiger partial charge < -0.3 is 18.9 Å². The number of hydrogen-bond acceptors (Lipinski definition) is 7. The first-order valence-electron chi connectivity index (χ1n) is 9.11. The van der Waals surface area contributed by atoms with Crippen molar-refractivity contribution in [3.8, 4) is 23.0 Å². The molecule has 0 aliphatic carbocycles. The second-order valence-electron chi connectivity index (χ2n) is 6.30. The molecule has 0 saturated heterocycles. The molecule has 0 radical (unpaired) electrons. The Bertz CT molecular complexity index is 1010. The van der Waals surface area contributed by atoms with Crippen LogP contribution in [0.15, 0.2) is 40.3 Å². The quantitative estimate of drug-likeness (QED) is 0.431. The molecule has 30 heavy (non-hydrogen) atoms. The molecule has 0 atom stereocenters. The number of nitrogens with one attached hydrogen (secondary N) is 1. The summed E-state index contributed by atoms with van der Waals surface area (Å²) >= 11 is 6.32. The van der Waals surface area contributed by atoms with E-state index in [9.17, 15) is 8.42 Å². The molecule has 0 saturated carbocycles. The molecular weight excluding hydrogens is 432 g/mol. The first-order valence-corrected chi connectivity index (χ1v) is 11.0. The number of sulfonamides is 1. The summed E-state index contributed by atoms with van der Waals surface area (Å²) in [5, 5.41) is 4.17. The van der Waals surface area contributed by atoms with Gasteiger partial charge in [-0.25, -0.2) is 0 Å². The van der Waals surface area contributed by atoms with E-state index in [2.05, 4.69) is 9.93 Å². The molecule has 0 unspecified atom stereocenters. The first kappa shape index (κ1) is 23.6. The van der Waals surface area contributed by atoms with Gasteiger partial charge >= 0.3 is 0 Å². The lowest BCUT2D eigenvalue weighted by Gasteiger charge is -2.16. The second-order valence-corrected chi connectivity index (χ2v) is 8.34. The topological polar surface area (TPSA) is 95.5 Å². The van der Waals surface area contributed by atoms with Crippen LogP contribution in [0.3, 0.4) is 0 Å². The Kier molecular flexibility index (Phi) is 8.19. The van der Waals surface area contributed by atoms with Crippen molar-refractivity contribution in [1.29, 1.82) is 0 Å². The number of benzene rings is 2. The predicted molar refractivity (Wildman–Crippen MR) is 116 cm³/mol. The van der Waals surface area contributed by atoms with E-state index in [4.69, 9.17) is 30.5 Å². The van der Waals surface area contributed by atoms with Crippen molar-refractivity contribution in [3.63, 3.8) is 0 Å². The normalized spacial score (nSPS) is 11.6. The van der Waals surface area contributed by atoms with Gasteiger partial charge in [0.25, 0.3) is 10.0 Å². The summed E-state index contributed by atoms with van der Waals surface area (Å²) in [5.74, 6) is 1.40. The highest BCUT2D eigenvalue weighted by atomic mass is 35.5. The summed E-state index contributed by atoms with van der Waals surface area (Å²) < 4.78 is 46.8. The molecule has 2 rings (SSSR count). The average Bonchev–Trinajstić information content (AvgIpc) is 2.70. The summed E-state index contributed by atoms with van der Waals surface area (Å²) in [6.07, 6.45) is 1.23. The molecule has 10 heteroatoms. The van der Waals surface area contributed by atoms with E-state index in [1.807, 2.05) is 20.8 Å². The van der Waals surface area contributed by atoms with Crippen LogP contribution in [0.5, 0.6) is 23.0 Å². The maximum absolute atomic E-state index is 12.7. The average molecular weight is 457 g/mol. The Balaban J connectivity index is 2.30. The summed E-state index contributed by atoms with van der Waals surface area (Å²) in [4.78, 5) is 2.06. The smallest absolute Gasteiger partial charge is 0.280 e. The zero-order valence-corrected chi connectivity index (χ0v) is 19.0. The molecule has 0 spiro atoms. The minimum absolute atomic E-state index is 0.0918. The van der Waals surface area contributed by atoms with Crippen LogP contribution in [0, 0.1) is 0 Å². The van der Waals surface area contributed by atoms with Gasteiger partial charge in [-0.15, -0.1) is 0 Å². The van der Waals surface area contributed by atoms with Crippen molar-refractivity contribution >= 4 is 27.8 Å². The summed E-state index contributed by atoms with van der Waals surface area (Å²) in [5.41, 5.74) is 0.528. The number of methoxy groups -OCH3 is 2. The van der Waals surface area contributed by atoms with Gasteiger partial charge in [0.1, 0.15) is 16.4 Å². The van der Waals surface area contributed by atoms with Crippen LogP contribution < -0.4 is 23.8 Å². The highest BCUT2D eigenvalue weighted by molar-refractivity contribution is 7.89. The molecular formula is C20H25ClN2O6S. The predicted octanol–water partition coefficient (Wildman–Crippen LogP) is 3.86. The van der Waals surface area contributed by atoms with Crippen molar-refractivity contribution in [2.75, 3.05) is 20.8 Å². The Morgan fingerprint density at radius 3 is 2.47 bits per heavy atom. The van der Waals surface area contributed by atoms with Crippen LogP contribution in [-0.4, -0.2) is 41.6 Å². The van der Waals surface area contributed by atoms with Crippen LogP contribution in [0.1, 0.15) is 26.3 Å². The van der Waals surface area contributed by atoms with Crippen molar-refractivity contribution < 1.29 is 27.4 Å². The van der Waals surface area contributed by atoms with Crippen LogP contribution in [0.25, 0.3) is 0 Å². The fourth-order valence-electron chi connectivity index (χ4n) is 2.49. The van der Waals surface area contributed by atoms with Gasteiger partial charge in [-0.3, -0.25) is 0 Å². The molecule has 2 aromatic rings. The Hall–Kier alpha value is -2.65. The highest BCUT2D eigenvalue weighted by Gasteiger charge is 2.20. The van der Waals surface area contributed by atoms with E-state index in [-0.39, 0.29) is 16.7 Å². The van der Waals surface area contributed by atoms with Gasteiger partial charge in [0.2, 0.25) is 0 Å². The maximum Gasteiger partial charge on any atom is 0.280 e. The number of halogens is 1. The first-order chi connectivity index (χ1) is 14.2. The molecule has 0 heterocycles. The maximum atomic E-state index is 12.7. The third kappa shape index (κ3) is 5.93. The number of rotatable bonds is 10. The molecule has 0 aliphatic heterocycles. The Morgan fingerprint density at radius 1 is 1.13 bits per heavy atom. The van der Waals surface area contributed by atoms with Gasteiger partial charge in [-0.05, 0) is 50.6 Å². The Morgan fingerprint density at radius 2 is 1.87 bits per heavy atom. The van der Waals surface area contributed by atoms with Crippen LogP contribution in [-0.2, 0) is 10.0 Å². The van der Waals surface area contributed by atoms with E-state index in [1.165, 1.54) is 32.6 Å².